The van der Waals surface area contributed by atoms with Crippen LogP contribution in [-0.2, 0) is 4.79 Å². The van der Waals surface area contributed by atoms with E-state index in [4.69, 9.17) is 9.47 Å². The number of carbonyl (C=O) groups excluding carboxylic acids is 1. The second-order valence-electron chi connectivity index (χ2n) is 4.51. The Morgan fingerprint density at radius 3 is 1.48 bits per heavy atom. The van der Waals surface area contributed by atoms with Gasteiger partial charge in [0, 0.05) is 0 Å². The van der Waals surface area contributed by atoms with E-state index in [0.29, 0.717) is 11.5 Å². The molecule has 0 aromatic heterocycles. The molecule has 104 valence electrons. The summed E-state index contributed by atoms with van der Waals surface area (Å²) in [5.74, 6) is -0.597. The Kier molecular flexibility index (Phi) is 6.75. The van der Waals surface area contributed by atoms with Gasteiger partial charge in [-0.1, -0.05) is 35.4 Å². The Labute approximate surface area is 146 Å². The summed E-state index contributed by atoms with van der Waals surface area (Å²) in [6.07, 6.45) is -1.49. The molecule has 0 bridgehead atoms. The maximum absolute atomic E-state index is 11.1. The van der Waals surface area contributed by atoms with Gasteiger partial charge in [0.1, 0.15) is 17.5 Å². The average Bonchev–Trinajstić information content (AvgIpc) is 2.42. The van der Waals surface area contributed by atoms with Crippen LogP contribution >= 0.6 is 0 Å². The largest absolute Gasteiger partial charge is 1.00 e. The van der Waals surface area contributed by atoms with Crippen molar-refractivity contribution in [1.82, 2.24) is 0 Å². The number of benzene rings is 2. The Balaban J connectivity index is 0.00000220. The van der Waals surface area contributed by atoms with Gasteiger partial charge in [0.05, 0.1) is 0 Å². The summed E-state index contributed by atoms with van der Waals surface area (Å²) >= 11 is 0. The smallest absolute Gasteiger partial charge is 0.543 e. The number of hydrogen-bond acceptors (Lipinski definition) is 4. The van der Waals surface area contributed by atoms with Crippen LogP contribution in [0.4, 0.5) is 0 Å². The van der Waals surface area contributed by atoms with Gasteiger partial charge in [-0.3, -0.25) is 0 Å². The molecule has 0 spiro atoms. The van der Waals surface area contributed by atoms with Crippen LogP contribution in [0.1, 0.15) is 11.1 Å². The molecule has 0 aliphatic rings. The van der Waals surface area contributed by atoms with Gasteiger partial charge < -0.3 is 19.4 Å². The van der Waals surface area contributed by atoms with Crippen molar-refractivity contribution in [3.05, 3.63) is 59.7 Å². The molecule has 0 N–H and O–H groups in total. The van der Waals surface area contributed by atoms with Crippen LogP contribution in [0.5, 0.6) is 11.5 Å². The van der Waals surface area contributed by atoms with Crippen LogP contribution in [-0.4, -0.2) is 12.3 Å². The first-order valence-electron chi connectivity index (χ1n) is 6.22. The summed E-state index contributed by atoms with van der Waals surface area (Å²) in [5.41, 5.74) is 2.11. The van der Waals surface area contributed by atoms with Crippen molar-refractivity contribution in [1.29, 1.82) is 0 Å². The first kappa shape index (κ1) is 17.6. The van der Waals surface area contributed by atoms with Gasteiger partial charge in [-0.25, -0.2) is 0 Å². The molecule has 0 saturated heterocycles. The molecule has 0 aliphatic heterocycles. The van der Waals surface area contributed by atoms with E-state index in [1.54, 1.807) is 24.3 Å². The number of hydrogen-bond donors (Lipinski definition) is 0. The first-order chi connectivity index (χ1) is 9.54. The standard InChI is InChI=1S/C16H16O4.Na/c1-11-3-7-13(8-4-11)19-16(15(17)18)20-14-9-5-12(2)6-10-14;/h3-10,16H,1-2H3,(H,17,18);/q;+1/p-1. The monoisotopic (exact) mass is 294 g/mol. The van der Waals surface area contributed by atoms with Gasteiger partial charge in [0.15, 0.2) is 0 Å². The average molecular weight is 294 g/mol. The summed E-state index contributed by atoms with van der Waals surface area (Å²) in [6.45, 7) is 3.87. The van der Waals surface area contributed by atoms with Gasteiger partial charge in [-0.2, -0.15) is 0 Å². The Morgan fingerprint density at radius 1 is 0.857 bits per heavy atom. The second-order valence-corrected chi connectivity index (χ2v) is 4.51. The van der Waals surface area contributed by atoms with E-state index in [0.717, 1.165) is 11.1 Å². The van der Waals surface area contributed by atoms with Crippen molar-refractivity contribution in [2.45, 2.75) is 20.1 Å². The van der Waals surface area contributed by atoms with Crippen molar-refractivity contribution in [2.24, 2.45) is 0 Å². The number of aryl methyl sites for hydroxylation is 2. The molecule has 0 saturated carbocycles. The van der Waals surface area contributed by atoms with E-state index in [9.17, 15) is 9.90 Å². The van der Waals surface area contributed by atoms with Crippen LogP contribution in [0.15, 0.2) is 48.5 Å². The third-order valence-corrected chi connectivity index (χ3v) is 2.72. The zero-order valence-electron chi connectivity index (χ0n) is 12.3. The van der Waals surface area contributed by atoms with Crippen molar-refractivity contribution in [3.8, 4) is 11.5 Å². The van der Waals surface area contributed by atoms with E-state index >= 15 is 0 Å². The van der Waals surface area contributed by atoms with Gasteiger partial charge in [-0.05, 0) is 38.1 Å². The van der Waals surface area contributed by atoms with Crippen molar-refractivity contribution in [3.63, 3.8) is 0 Å². The van der Waals surface area contributed by atoms with Gasteiger partial charge in [0.25, 0.3) is 6.29 Å². The minimum absolute atomic E-state index is 0. The first-order valence-corrected chi connectivity index (χ1v) is 6.22. The summed E-state index contributed by atoms with van der Waals surface area (Å²) in [7, 11) is 0. The summed E-state index contributed by atoms with van der Waals surface area (Å²) in [6, 6.07) is 14.0. The molecule has 4 nitrogen and oxygen atoms in total. The Bertz CT molecular complexity index is 531. The molecule has 0 aliphatic carbocycles. The predicted octanol–water partition coefficient (Wildman–Crippen LogP) is -1.16. The van der Waals surface area contributed by atoms with Gasteiger partial charge in [0.2, 0.25) is 0 Å². The molecule has 2 rings (SSSR count). The number of aliphatic carboxylic acids is 1. The molecule has 2 aromatic rings. The van der Waals surface area contributed by atoms with E-state index in [1.165, 1.54) is 0 Å². The molecule has 21 heavy (non-hydrogen) atoms. The zero-order valence-corrected chi connectivity index (χ0v) is 14.3. The molecular formula is C16H15NaO4. The number of carboxylic acids is 1. The predicted molar refractivity (Wildman–Crippen MR) is 72.4 cm³/mol. The maximum Gasteiger partial charge on any atom is 1.00 e. The minimum atomic E-state index is -1.49. The van der Waals surface area contributed by atoms with E-state index in [1.807, 2.05) is 38.1 Å². The van der Waals surface area contributed by atoms with Gasteiger partial charge in [-0.15, -0.1) is 0 Å². The summed E-state index contributed by atoms with van der Waals surface area (Å²) in [4.78, 5) is 11.1. The minimum Gasteiger partial charge on any atom is -0.543 e. The fraction of sp³-hybridized carbons (Fsp3) is 0.188. The second kappa shape index (κ2) is 8.08. The van der Waals surface area contributed by atoms with Crippen LogP contribution in [0.3, 0.4) is 0 Å². The van der Waals surface area contributed by atoms with E-state index < -0.39 is 12.3 Å². The molecule has 0 fully saturated rings. The van der Waals surface area contributed by atoms with E-state index in [2.05, 4.69) is 0 Å². The molecule has 0 amide bonds. The number of carboxylic acid groups (broad SMARTS) is 1. The van der Waals surface area contributed by atoms with Gasteiger partial charge >= 0.3 is 29.6 Å². The number of ether oxygens (including phenoxy) is 2. The fourth-order valence-electron chi connectivity index (χ4n) is 1.60. The zero-order chi connectivity index (χ0) is 14.5. The fourth-order valence-corrected chi connectivity index (χ4v) is 1.60. The molecular weight excluding hydrogens is 279 g/mol. The normalized spacial score (nSPS) is 9.86. The van der Waals surface area contributed by atoms with Crippen molar-refractivity contribution in [2.75, 3.05) is 0 Å². The SMILES string of the molecule is Cc1ccc(OC(Oc2ccc(C)cc2)C(=O)[O-])cc1.[Na+]. The van der Waals surface area contributed by atoms with Crippen LogP contribution in [0, 0.1) is 13.8 Å². The summed E-state index contributed by atoms with van der Waals surface area (Å²) < 4.78 is 10.6. The molecule has 2 aromatic carbocycles. The summed E-state index contributed by atoms with van der Waals surface area (Å²) in [5, 5.41) is 11.1. The number of carbonyl (C=O) groups is 1. The Morgan fingerprint density at radius 2 is 1.19 bits per heavy atom. The molecule has 0 atom stereocenters. The van der Waals surface area contributed by atoms with Crippen molar-refractivity contribution >= 4 is 5.97 Å². The van der Waals surface area contributed by atoms with Crippen LogP contribution in [0.2, 0.25) is 0 Å². The molecule has 0 unspecified atom stereocenters. The van der Waals surface area contributed by atoms with Crippen LogP contribution in [0.25, 0.3) is 0 Å². The quantitative estimate of drug-likeness (QED) is 0.516. The third-order valence-electron chi connectivity index (χ3n) is 2.72. The maximum atomic E-state index is 11.1. The topological polar surface area (TPSA) is 58.6 Å². The number of rotatable bonds is 5. The molecule has 0 radical (unpaired) electrons. The van der Waals surface area contributed by atoms with E-state index in [-0.39, 0.29) is 29.6 Å². The van der Waals surface area contributed by atoms with Crippen molar-refractivity contribution < 1.29 is 48.9 Å². The Hall–Kier alpha value is -1.49. The molecule has 0 heterocycles. The van der Waals surface area contributed by atoms with Crippen LogP contribution < -0.4 is 44.1 Å². The molecule has 5 heteroatoms. The third kappa shape index (κ3) is 5.42.